The summed E-state index contributed by atoms with van der Waals surface area (Å²) in [5.41, 5.74) is 2.18. The van der Waals surface area contributed by atoms with Crippen LogP contribution in [0.1, 0.15) is 70.8 Å². The number of amidine groups is 1. The van der Waals surface area contributed by atoms with Crippen molar-refractivity contribution in [2.45, 2.75) is 77.3 Å². The molecular formula is C24H33N3O2. The molecule has 29 heavy (non-hydrogen) atoms. The number of carbonyl (C=O) groups is 1. The third kappa shape index (κ3) is 4.34. The highest BCUT2D eigenvalue weighted by Gasteiger charge is 2.41. The van der Waals surface area contributed by atoms with Crippen LogP contribution in [-0.2, 0) is 9.53 Å². The number of ether oxygens (including phenoxy) is 1. The van der Waals surface area contributed by atoms with E-state index in [4.69, 9.17) is 9.73 Å². The average molecular weight is 396 g/mol. The van der Waals surface area contributed by atoms with Gasteiger partial charge in [-0.3, -0.25) is 9.69 Å². The summed E-state index contributed by atoms with van der Waals surface area (Å²) in [6.45, 7) is 6.28. The third-order valence-electron chi connectivity index (χ3n) is 6.46. The quantitative estimate of drug-likeness (QED) is 0.639. The van der Waals surface area contributed by atoms with Crippen LogP contribution in [0.15, 0.2) is 35.0 Å². The summed E-state index contributed by atoms with van der Waals surface area (Å²) in [5, 5.41) is 0. The van der Waals surface area contributed by atoms with Crippen LogP contribution in [0.4, 0.5) is 5.69 Å². The van der Waals surface area contributed by atoms with E-state index in [-0.39, 0.29) is 11.9 Å². The second kappa shape index (κ2) is 9.02. The Morgan fingerprint density at radius 3 is 2.28 bits per heavy atom. The van der Waals surface area contributed by atoms with E-state index in [9.17, 15) is 4.79 Å². The lowest BCUT2D eigenvalue weighted by molar-refractivity contribution is -0.124. The lowest BCUT2D eigenvalue weighted by atomic mass is 10.1. The third-order valence-corrected chi connectivity index (χ3v) is 6.46. The molecule has 0 radical (unpaired) electrons. The zero-order chi connectivity index (χ0) is 20.2. The molecular weight excluding hydrogens is 362 g/mol. The van der Waals surface area contributed by atoms with Crippen molar-refractivity contribution in [2.75, 3.05) is 18.0 Å². The summed E-state index contributed by atoms with van der Waals surface area (Å²) in [4.78, 5) is 22.2. The molecule has 3 fully saturated rings. The van der Waals surface area contributed by atoms with Crippen molar-refractivity contribution in [3.8, 4) is 0 Å². The van der Waals surface area contributed by atoms with Crippen molar-refractivity contribution < 1.29 is 9.53 Å². The number of anilines is 1. The molecule has 4 rings (SSSR count). The lowest BCUT2D eigenvalue weighted by Crippen LogP contribution is -2.38. The van der Waals surface area contributed by atoms with Crippen LogP contribution in [0, 0.1) is 0 Å². The van der Waals surface area contributed by atoms with Crippen LogP contribution in [-0.4, -0.2) is 42.0 Å². The zero-order valence-electron chi connectivity index (χ0n) is 17.8. The largest absolute Gasteiger partial charge is 0.420 e. The molecule has 0 aromatic heterocycles. The molecule has 0 atom stereocenters. The van der Waals surface area contributed by atoms with Crippen molar-refractivity contribution in [2.24, 2.45) is 4.99 Å². The number of benzene rings is 1. The van der Waals surface area contributed by atoms with Gasteiger partial charge in [0.1, 0.15) is 0 Å². The highest BCUT2D eigenvalue weighted by Crippen LogP contribution is 2.32. The first-order valence-electron chi connectivity index (χ1n) is 11.4. The monoisotopic (exact) mass is 395 g/mol. The minimum Gasteiger partial charge on any atom is -0.420 e. The van der Waals surface area contributed by atoms with Crippen molar-refractivity contribution in [3.63, 3.8) is 0 Å². The van der Waals surface area contributed by atoms with E-state index in [1.165, 1.54) is 31.4 Å². The number of nitrogens with zero attached hydrogens (tertiary/aromatic N) is 3. The molecule has 5 nitrogen and oxygen atoms in total. The maximum absolute atomic E-state index is 13.2. The molecule has 1 heterocycles. The van der Waals surface area contributed by atoms with Gasteiger partial charge in [0.05, 0.1) is 6.04 Å². The van der Waals surface area contributed by atoms with Crippen LogP contribution < -0.4 is 4.90 Å². The van der Waals surface area contributed by atoms with E-state index in [0.717, 1.165) is 44.3 Å². The second-order valence-electron chi connectivity index (χ2n) is 8.34. The summed E-state index contributed by atoms with van der Waals surface area (Å²) < 4.78 is 6.06. The Bertz CT molecular complexity index is 768. The first-order chi connectivity index (χ1) is 14.2. The van der Waals surface area contributed by atoms with Crippen LogP contribution in [0.5, 0.6) is 0 Å². The standard InChI is InChI=1S/C24H33N3O2/c1-3-26(4-2)20-15-13-18(14-16-20)17-22-23(28)27(21-11-7-8-12-21)24(29-22)25-19-9-5-6-10-19/h13-17,19,21H,3-12H2,1-2H3/b22-17+,25-24+. The summed E-state index contributed by atoms with van der Waals surface area (Å²) in [7, 11) is 0. The topological polar surface area (TPSA) is 45.1 Å². The molecule has 1 aliphatic heterocycles. The van der Waals surface area contributed by atoms with E-state index in [2.05, 4.69) is 43.0 Å². The number of carbonyl (C=O) groups excluding carboxylic acids is 1. The zero-order valence-corrected chi connectivity index (χ0v) is 17.8. The first kappa shape index (κ1) is 20.0. The van der Waals surface area contributed by atoms with E-state index in [0.29, 0.717) is 17.8 Å². The smallest absolute Gasteiger partial charge is 0.300 e. The molecule has 0 unspecified atom stereocenters. The normalized spacial score (nSPS) is 23.5. The minimum atomic E-state index is -0.0264. The average Bonchev–Trinajstić information content (AvgIpc) is 3.48. The van der Waals surface area contributed by atoms with E-state index in [1.54, 1.807) is 0 Å². The molecule has 0 bridgehead atoms. The molecule has 2 saturated carbocycles. The number of rotatable bonds is 6. The molecule has 5 heteroatoms. The van der Waals surface area contributed by atoms with Crippen molar-refractivity contribution in [3.05, 3.63) is 35.6 Å². The number of aliphatic imine (C=N–C) groups is 1. The number of hydrogen-bond acceptors (Lipinski definition) is 4. The van der Waals surface area contributed by atoms with Crippen LogP contribution in [0.25, 0.3) is 6.08 Å². The molecule has 0 N–H and O–H groups in total. The van der Waals surface area contributed by atoms with Gasteiger partial charge in [-0.25, -0.2) is 4.99 Å². The van der Waals surface area contributed by atoms with Gasteiger partial charge in [0.15, 0.2) is 5.76 Å². The fourth-order valence-electron chi connectivity index (χ4n) is 4.77. The highest BCUT2D eigenvalue weighted by atomic mass is 16.5. The summed E-state index contributed by atoms with van der Waals surface area (Å²) in [6.07, 6.45) is 11.0. The molecule has 1 saturated heterocycles. The predicted molar refractivity (Wildman–Crippen MR) is 118 cm³/mol. The Kier molecular flexibility index (Phi) is 6.22. The summed E-state index contributed by atoms with van der Waals surface area (Å²) in [6, 6.07) is 9.42. The van der Waals surface area contributed by atoms with Gasteiger partial charge in [0.2, 0.25) is 0 Å². The number of hydrogen-bond donors (Lipinski definition) is 0. The van der Waals surface area contributed by atoms with E-state index < -0.39 is 0 Å². The molecule has 3 aliphatic rings. The maximum atomic E-state index is 13.2. The van der Waals surface area contributed by atoms with Gasteiger partial charge in [-0.2, -0.15) is 0 Å². The fraction of sp³-hybridized carbons (Fsp3) is 0.583. The van der Waals surface area contributed by atoms with Gasteiger partial charge in [-0.15, -0.1) is 0 Å². The van der Waals surface area contributed by atoms with Crippen molar-refractivity contribution >= 4 is 23.7 Å². The minimum absolute atomic E-state index is 0.0264. The van der Waals surface area contributed by atoms with Gasteiger partial charge < -0.3 is 9.64 Å². The fourth-order valence-corrected chi connectivity index (χ4v) is 4.77. The second-order valence-corrected chi connectivity index (χ2v) is 8.34. The number of amides is 1. The van der Waals surface area contributed by atoms with Gasteiger partial charge in [-0.05, 0) is 63.3 Å². The molecule has 1 amide bonds. The van der Waals surface area contributed by atoms with Crippen molar-refractivity contribution in [1.29, 1.82) is 0 Å². The maximum Gasteiger partial charge on any atom is 0.300 e. The SMILES string of the molecule is CCN(CC)c1ccc(/C=C2/O/C(=N/C3CCCC3)N(C3CCCC3)C2=O)cc1. The van der Waals surface area contributed by atoms with Gasteiger partial charge in [0.25, 0.3) is 5.91 Å². The Labute approximate surface area is 174 Å². The molecule has 2 aliphatic carbocycles. The predicted octanol–water partition coefficient (Wildman–Crippen LogP) is 4.97. The first-order valence-corrected chi connectivity index (χ1v) is 11.4. The Morgan fingerprint density at radius 1 is 1.03 bits per heavy atom. The lowest BCUT2D eigenvalue weighted by Gasteiger charge is -2.21. The molecule has 156 valence electrons. The van der Waals surface area contributed by atoms with Gasteiger partial charge in [-0.1, -0.05) is 37.8 Å². The van der Waals surface area contributed by atoms with Gasteiger partial charge in [0, 0.05) is 24.8 Å². The van der Waals surface area contributed by atoms with Crippen LogP contribution >= 0.6 is 0 Å². The van der Waals surface area contributed by atoms with E-state index >= 15 is 0 Å². The highest BCUT2D eigenvalue weighted by molar-refractivity contribution is 6.11. The van der Waals surface area contributed by atoms with E-state index in [1.807, 2.05) is 11.0 Å². The molecule has 1 aromatic carbocycles. The molecule has 0 spiro atoms. The van der Waals surface area contributed by atoms with Crippen molar-refractivity contribution in [1.82, 2.24) is 4.90 Å². The Morgan fingerprint density at radius 2 is 1.66 bits per heavy atom. The Hall–Kier alpha value is -2.30. The summed E-state index contributed by atoms with van der Waals surface area (Å²) in [5.74, 6) is 0.380. The van der Waals surface area contributed by atoms with Crippen LogP contribution in [0.2, 0.25) is 0 Å². The Balaban J connectivity index is 1.57. The van der Waals surface area contributed by atoms with Crippen LogP contribution in [0.3, 0.4) is 0 Å². The van der Waals surface area contributed by atoms with Gasteiger partial charge >= 0.3 is 6.02 Å². The summed E-state index contributed by atoms with van der Waals surface area (Å²) >= 11 is 0. The molecule has 1 aromatic rings.